The van der Waals surface area contributed by atoms with Crippen molar-refractivity contribution in [3.05, 3.63) is 24.3 Å². The van der Waals surface area contributed by atoms with Crippen molar-refractivity contribution in [3.8, 4) is 0 Å². The lowest BCUT2D eigenvalue weighted by molar-refractivity contribution is -0.140. The number of benzene rings is 1. The van der Waals surface area contributed by atoms with Crippen molar-refractivity contribution in [1.82, 2.24) is 5.32 Å². The number of carbonyl (C=O) groups is 2. The third kappa shape index (κ3) is 5.01. The highest BCUT2D eigenvalue weighted by molar-refractivity contribution is 7.89. The summed E-state index contributed by atoms with van der Waals surface area (Å²) in [4.78, 5) is 22.8. The Morgan fingerprint density at radius 3 is 2.23 bits per heavy atom. The van der Waals surface area contributed by atoms with Crippen LogP contribution in [-0.2, 0) is 14.8 Å². The molecule has 1 aromatic rings. The zero-order valence-corrected chi connectivity index (χ0v) is 13.1. The highest BCUT2D eigenvalue weighted by Gasteiger charge is 2.25. The lowest BCUT2D eigenvalue weighted by atomic mass is 9.99. The van der Waals surface area contributed by atoms with E-state index in [0.29, 0.717) is 12.1 Å². The van der Waals surface area contributed by atoms with Gasteiger partial charge in [-0.05, 0) is 30.2 Å². The van der Waals surface area contributed by atoms with Crippen LogP contribution < -0.4 is 15.8 Å². The van der Waals surface area contributed by atoms with Crippen molar-refractivity contribution < 1.29 is 23.1 Å². The normalized spacial score (nSPS) is 14.0. The average Bonchev–Trinajstić information content (AvgIpc) is 2.43. The number of carbonyl (C=O) groups excluding carboxylic acids is 1. The smallest absolute Gasteiger partial charge is 0.326 e. The van der Waals surface area contributed by atoms with Gasteiger partial charge in [-0.2, -0.15) is 0 Å². The van der Waals surface area contributed by atoms with E-state index < -0.39 is 28.1 Å². The lowest BCUT2D eigenvalue weighted by Gasteiger charge is -2.20. The molecule has 1 aromatic carbocycles. The minimum Gasteiger partial charge on any atom is -0.480 e. The second-order valence-corrected chi connectivity index (χ2v) is 6.43. The van der Waals surface area contributed by atoms with E-state index in [4.69, 9.17) is 10.2 Å². The fourth-order valence-electron chi connectivity index (χ4n) is 1.72. The van der Waals surface area contributed by atoms with Crippen LogP contribution in [-0.4, -0.2) is 31.6 Å². The van der Waals surface area contributed by atoms with Crippen molar-refractivity contribution in [1.29, 1.82) is 0 Å². The van der Waals surface area contributed by atoms with Crippen LogP contribution in [0.2, 0.25) is 0 Å². The molecule has 0 aliphatic rings. The van der Waals surface area contributed by atoms with Crippen LogP contribution in [0.1, 0.15) is 20.3 Å². The average molecular weight is 329 g/mol. The summed E-state index contributed by atoms with van der Waals surface area (Å²) in [6, 6.07) is 3.52. The minimum absolute atomic E-state index is 0.0820. The Balaban J connectivity index is 2.74. The molecule has 2 amide bonds. The molecular formula is C13H19N3O5S. The Labute approximate surface area is 128 Å². The van der Waals surface area contributed by atoms with Crippen LogP contribution in [0.5, 0.6) is 0 Å². The molecule has 0 bridgehead atoms. The van der Waals surface area contributed by atoms with Gasteiger partial charge in [0.05, 0.1) is 4.90 Å². The molecule has 0 aliphatic carbocycles. The predicted octanol–water partition coefficient (Wildman–Crippen LogP) is 0.955. The summed E-state index contributed by atoms with van der Waals surface area (Å²) >= 11 is 0. The summed E-state index contributed by atoms with van der Waals surface area (Å²) in [6.07, 6.45) is 0.598. The number of nitrogens with one attached hydrogen (secondary N) is 2. The van der Waals surface area contributed by atoms with Crippen LogP contribution in [0.15, 0.2) is 29.2 Å². The van der Waals surface area contributed by atoms with Gasteiger partial charge < -0.3 is 15.7 Å². The summed E-state index contributed by atoms with van der Waals surface area (Å²) in [6.45, 7) is 3.55. The van der Waals surface area contributed by atoms with E-state index in [-0.39, 0.29) is 10.8 Å². The zero-order chi connectivity index (χ0) is 16.9. The zero-order valence-electron chi connectivity index (χ0n) is 12.2. The number of anilines is 1. The predicted molar refractivity (Wildman–Crippen MR) is 80.8 cm³/mol. The Kier molecular flexibility index (Phi) is 5.89. The topological polar surface area (TPSA) is 139 Å². The number of primary sulfonamides is 1. The van der Waals surface area contributed by atoms with E-state index in [1.54, 1.807) is 6.92 Å². The first-order valence-electron chi connectivity index (χ1n) is 6.58. The van der Waals surface area contributed by atoms with Crippen LogP contribution in [0.25, 0.3) is 0 Å². The Morgan fingerprint density at radius 1 is 1.27 bits per heavy atom. The number of sulfonamides is 1. The van der Waals surface area contributed by atoms with Crippen LogP contribution in [0, 0.1) is 5.92 Å². The van der Waals surface area contributed by atoms with Gasteiger partial charge >= 0.3 is 12.0 Å². The van der Waals surface area contributed by atoms with E-state index in [0.717, 1.165) is 0 Å². The minimum atomic E-state index is -3.80. The van der Waals surface area contributed by atoms with Crippen molar-refractivity contribution >= 4 is 27.7 Å². The molecule has 0 aliphatic heterocycles. The molecule has 1 rings (SSSR count). The van der Waals surface area contributed by atoms with Crippen molar-refractivity contribution in [2.24, 2.45) is 11.1 Å². The molecule has 122 valence electrons. The Morgan fingerprint density at radius 2 is 1.82 bits per heavy atom. The van der Waals surface area contributed by atoms with Gasteiger partial charge in [-0.15, -0.1) is 0 Å². The molecule has 22 heavy (non-hydrogen) atoms. The number of amides is 2. The summed E-state index contributed by atoms with van der Waals surface area (Å²) in [5, 5.41) is 18.9. The van der Waals surface area contributed by atoms with Crippen molar-refractivity contribution in [2.75, 3.05) is 5.32 Å². The first kappa shape index (κ1) is 17.9. The maximum atomic E-state index is 11.8. The monoisotopic (exact) mass is 329 g/mol. The van der Waals surface area contributed by atoms with Crippen molar-refractivity contribution in [2.45, 2.75) is 31.2 Å². The van der Waals surface area contributed by atoms with E-state index >= 15 is 0 Å². The number of hydrogen-bond acceptors (Lipinski definition) is 4. The van der Waals surface area contributed by atoms with E-state index in [1.807, 2.05) is 6.92 Å². The Hall–Kier alpha value is -2.13. The first-order valence-corrected chi connectivity index (χ1v) is 8.13. The van der Waals surface area contributed by atoms with Gasteiger partial charge in [-0.1, -0.05) is 20.3 Å². The summed E-state index contributed by atoms with van der Waals surface area (Å²) < 4.78 is 22.2. The van der Waals surface area contributed by atoms with E-state index in [1.165, 1.54) is 24.3 Å². The lowest BCUT2D eigenvalue weighted by Crippen LogP contribution is -2.46. The summed E-state index contributed by atoms with van der Waals surface area (Å²) in [5.41, 5.74) is 0.318. The fourth-order valence-corrected chi connectivity index (χ4v) is 2.23. The molecule has 0 heterocycles. The third-order valence-corrected chi connectivity index (χ3v) is 4.14. The maximum Gasteiger partial charge on any atom is 0.326 e. The molecule has 0 saturated carbocycles. The summed E-state index contributed by atoms with van der Waals surface area (Å²) in [7, 11) is -3.80. The van der Waals surface area contributed by atoms with E-state index in [2.05, 4.69) is 10.6 Å². The van der Waals surface area contributed by atoms with Gasteiger partial charge in [0.2, 0.25) is 10.0 Å². The fraction of sp³-hybridized carbons (Fsp3) is 0.385. The molecule has 2 atom stereocenters. The van der Waals surface area contributed by atoms with Crippen LogP contribution in [0.4, 0.5) is 10.5 Å². The van der Waals surface area contributed by atoms with Crippen LogP contribution >= 0.6 is 0 Å². The quantitative estimate of drug-likeness (QED) is 0.615. The second kappa shape index (κ2) is 7.23. The molecule has 0 saturated heterocycles. The number of rotatable bonds is 6. The second-order valence-electron chi connectivity index (χ2n) is 4.87. The number of hydrogen-bond donors (Lipinski definition) is 4. The number of carboxylic acids is 1. The summed E-state index contributed by atoms with van der Waals surface area (Å²) in [5.74, 6) is -1.35. The highest BCUT2D eigenvalue weighted by atomic mass is 32.2. The molecule has 0 aromatic heterocycles. The first-order chi connectivity index (χ1) is 10.1. The SMILES string of the molecule is CC[C@H](C)[C@H](NC(=O)Nc1ccc(S(N)(=O)=O)cc1)C(=O)O. The van der Waals surface area contributed by atoms with Gasteiger partial charge in [0.1, 0.15) is 6.04 Å². The van der Waals surface area contributed by atoms with Gasteiger partial charge in [-0.3, -0.25) is 0 Å². The van der Waals surface area contributed by atoms with Crippen molar-refractivity contribution in [3.63, 3.8) is 0 Å². The van der Waals surface area contributed by atoms with E-state index in [9.17, 15) is 18.0 Å². The molecule has 0 spiro atoms. The molecule has 5 N–H and O–H groups in total. The highest BCUT2D eigenvalue weighted by Crippen LogP contribution is 2.13. The molecule has 0 unspecified atom stereocenters. The molecule has 0 fully saturated rings. The molecule has 9 heteroatoms. The van der Waals surface area contributed by atoms with Gasteiger partial charge in [0.15, 0.2) is 0 Å². The third-order valence-electron chi connectivity index (χ3n) is 3.21. The molecule has 0 radical (unpaired) electrons. The molecule has 8 nitrogen and oxygen atoms in total. The maximum absolute atomic E-state index is 11.8. The van der Waals surface area contributed by atoms with Crippen LogP contribution in [0.3, 0.4) is 0 Å². The number of nitrogens with two attached hydrogens (primary N) is 1. The van der Waals surface area contributed by atoms with Gasteiger partial charge in [-0.25, -0.2) is 23.1 Å². The number of urea groups is 1. The van der Waals surface area contributed by atoms with Gasteiger partial charge in [0.25, 0.3) is 0 Å². The number of carboxylic acid groups (broad SMARTS) is 1. The Bertz CT molecular complexity index is 642. The largest absolute Gasteiger partial charge is 0.480 e. The standard InChI is InChI=1S/C13H19N3O5S/c1-3-8(2)11(12(17)18)16-13(19)15-9-4-6-10(7-5-9)22(14,20)21/h4-8,11H,3H2,1-2H3,(H,17,18)(H2,14,20,21)(H2,15,16,19)/t8-,11-/m0/s1. The number of aliphatic carboxylic acids is 1. The molecular weight excluding hydrogens is 310 g/mol. The van der Waals surface area contributed by atoms with Gasteiger partial charge in [0, 0.05) is 5.69 Å².